The average molecular weight is 453 g/mol. The second kappa shape index (κ2) is 9.56. The zero-order valence-corrected chi connectivity index (χ0v) is 18.0. The number of amides is 2. The number of carbonyl (C=O) groups excluding carboxylic acids is 2. The maximum atomic E-state index is 14.0. The van der Waals surface area contributed by atoms with Crippen molar-refractivity contribution in [2.75, 3.05) is 13.7 Å². The Labute approximate surface area is 187 Å². The Morgan fingerprint density at radius 1 is 1.09 bits per heavy atom. The maximum Gasteiger partial charge on any atom is 0.309 e. The summed E-state index contributed by atoms with van der Waals surface area (Å²) in [5, 5.41) is 11.4. The molecule has 2 aromatic heterocycles. The number of hydrogen-bond donors (Lipinski definition) is 2. The molecule has 4 rings (SSSR count). The van der Waals surface area contributed by atoms with E-state index >= 15 is 0 Å². The summed E-state index contributed by atoms with van der Waals surface area (Å²) >= 11 is 1.37. The number of rotatable bonds is 7. The topological polar surface area (TPSA) is 97.6 Å². The van der Waals surface area contributed by atoms with Crippen molar-refractivity contribution in [1.29, 1.82) is 0 Å². The molecule has 0 spiro atoms. The zero-order valence-electron chi connectivity index (χ0n) is 17.2. The molecule has 0 fully saturated rings. The minimum atomic E-state index is -0.712. The summed E-state index contributed by atoms with van der Waals surface area (Å²) in [5.74, 6) is -0.790. The molecular weight excluding hydrogens is 433 g/mol. The molecule has 0 aliphatic rings. The van der Waals surface area contributed by atoms with Crippen molar-refractivity contribution in [2.24, 2.45) is 0 Å². The van der Waals surface area contributed by atoms with Gasteiger partial charge in [0.05, 0.1) is 18.4 Å². The molecule has 0 saturated heterocycles. The lowest BCUT2D eigenvalue weighted by atomic mass is 10.2. The molecule has 0 saturated carbocycles. The number of aromatic nitrogens is 3. The van der Waals surface area contributed by atoms with Crippen molar-refractivity contribution in [3.8, 4) is 17.1 Å². The van der Waals surface area contributed by atoms with Crippen LogP contribution < -0.4 is 15.4 Å². The highest BCUT2D eigenvalue weighted by atomic mass is 32.1. The summed E-state index contributed by atoms with van der Waals surface area (Å²) in [6.07, 6.45) is 0.442. The van der Waals surface area contributed by atoms with E-state index in [0.717, 1.165) is 11.3 Å². The SMILES string of the molecule is COc1ccc(CNC(=O)C(=O)NCCc2csc3nc(-c4ccccc4F)nn23)cc1. The fraction of sp³-hybridized carbons (Fsp3) is 0.182. The Bertz CT molecular complexity index is 1250. The van der Waals surface area contributed by atoms with E-state index < -0.39 is 11.8 Å². The van der Waals surface area contributed by atoms with Crippen LogP contribution >= 0.6 is 11.3 Å². The number of nitrogens with one attached hydrogen (secondary N) is 2. The molecule has 4 aromatic rings. The Morgan fingerprint density at radius 3 is 2.59 bits per heavy atom. The Balaban J connectivity index is 1.30. The fourth-order valence-electron chi connectivity index (χ4n) is 3.04. The van der Waals surface area contributed by atoms with Gasteiger partial charge in [0.15, 0.2) is 5.82 Å². The standard InChI is InChI=1S/C22H20FN5O3S/c1-31-16-8-6-14(7-9-16)12-25-21(30)20(29)24-11-10-15-13-32-22-26-19(27-28(15)22)17-4-2-3-5-18(17)23/h2-9,13H,10-12H2,1H3,(H,24,29)(H,25,30). The molecule has 2 amide bonds. The summed E-state index contributed by atoms with van der Waals surface area (Å²) in [5.41, 5.74) is 1.99. The quantitative estimate of drug-likeness (QED) is 0.419. The van der Waals surface area contributed by atoms with Crippen molar-refractivity contribution in [1.82, 2.24) is 25.2 Å². The number of halogens is 1. The monoisotopic (exact) mass is 453 g/mol. The molecule has 8 nitrogen and oxygen atoms in total. The molecule has 0 bridgehead atoms. The first-order chi connectivity index (χ1) is 15.5. The number of carbonyl (C=O) groups is 2. The van der Waals surface area contributed by atoms with Gasteiger partial charge >= 0.3 is 11.8 Å². The minimum absolute atomic E-state index is 0.235. The van der Waals surface area contributed by atoms with Gasteiger partial charge in [-0.2, -0.15) is 4.98 Å². The van der Waals surface area contributed by atoms with Gasteiger partial charge in [0.25, 0.3) is 0 Å². The number of ether oxygens (including phenoxy) is 1. The van der Waals surface area contributed by atoms with Crippen LogP contribution in [0.25, 0.3) is 16.3 Å². The van der Waals surface area contributed by atoms with Crippen molar-refractivity contribution in [2.45, 2.75) is 13.0 Å². The molecule has 0 atom stereocenters. The number of thiazole rings is 1. The van der Waals surface area contributed by atoms with Crippen molar-refractivity contribution < 1.29 is 18.7 Å². The summed E-state index contributed by atoms with van der Waals surface area (Å²) in [7, 11) is 1.58. The molecular formula is C22H20FN5O3S. The second-order valence-electron chi connectivity index (χ2n) is 6.87. The highest BCUT2D eigenvalue weighted by molar-refractivity contribution is 7.15. The predicted molar refractivity (Wildman–Crippen MR) is 118 cm³/mol. The van der Waals surface area contributed by atoms with Crippen LogP contribution in [0.4, 0.5) is 4.39 Å². The van der Waals surface area contributed by atoms with E-state index in [4.69, 9.17) is 4.74 Å². The smallest absolute Gasteiger partial charge is 0.309 e. The third kappa shape index (κ3) is 4.75. The lowest BCUT2D eigenvalue weighted by Gasteiger charge is -2.07. The molecule has 32 heavy (non-hydrogen) atoms. The Kier molecular flexibility index (Phi) is 6.41. The van der Waals surface area contributed by atoms with Crippen LogP contribution in [0.15, 0.2) is 53.9 Å². The highest BCUT2D eigenvalue weighted by Gasteiger charge is 2.16. The van der Waals surface area contributed by atoms with Gasteiger partial charge in [-0.3, -0.25) is 9.59 Å². The fourth-order valence-corrected chi connectivity index (χ4v) is 3.90. The van der Waals surface area contributed by atoms with Gasteiger partial charge in [0, 0.05) is 24.9 Å². The van der Waals surface area contributed by atoms with Gasteiger partial charge in [-0.25, -0.2) is 8.91 Å². The molecule has 2 heterocycles. The number of benzene rings is 2. The number of nitrogens with zero attached hydrogens (tertiary/aromatic N) is 3. The van der Waals surface area contributed by atoms with E-state index in [1.807, 2.05) is 17.5 Å². The van der Waals surface area contributed by atoms with Crippen LogP contribution in [-0.2, 0) is 22.6 Å². The molecule has 10 heteroatoms. The van der Waals surface area contributed by atoms with Crippen LogP contribution in [0.1, 0.15) is 11.3 Å². The average Bonchev–Trinajstić information content (AvgIpc) is 3.39. The maximum absolute atomic E-state index is 14.0. The van der Waals surface area contributed by atoms with Gasteiger partial charge < -0.3 is 15.4 Å². The van der Waals surface area contributed by atoms with Crippen molar-refractivity contribution in [3.63, 3.8) is 0 Å². The van der Waals surface area contributed by atoms with Gasteiger partial charge in [0.1, 0.15) is 11.6 Å². The first kappa shape index (κ1) is 21.4. The third-order valence-corrected chi connectivity index (χ3v) is 5.61. The van der Waals surface area contributed by atoms with Gasteiger partial charge in [0.2, 0.25) is 4.96 Å². The summed E-state index contributed by atoms with van der Waals surface area (Å²) in [6.45, 7) is 0.481. The summed E-state index contributed by atoms with van der Waals surface area (Å²) < 4.78 is 20.7. The first-order valence-electron chi connectivity index (χ1n) is 9.82. The van der Waals surface area contributed by atoms with E-state index in [1.165, 1.54) is 17.4 Å². The summed E-state index contributed by atoms with van der Waals surface area (Å²) in [4.78, 5) is 29.1. The number of fused-ring (bicyclic) bond motifs is 1. The first-order valence-corrected chi connectivity index (χ1v) is 10.7. The largest absolute Gasteiger partial charge is 0.497 e. The van der Waals surface area contributed by atoms with E-state index in [1.54, 1.807) is 42.0 Å². The summed E-state index contributed by atoms with van der Waals surface area (Å²) in [6, 6.07) is 13.5. The van der Waals surface area contributed by atoms with Crippen LogP contribution in [0.2, 0.25) is 0 Å². The van der Waals surface area contributed by atoms with E-state index in [0.29, 0.717) is 28.5 Å². The van der Waals surface area contributed by atoms with Crippen LogP contribution in [-0.4, -0.2) is 40.1 Å². The van der Waals surface area contributed by atoms with Gasteiger partial charge in [-0.05, 0) is 29.8 Å². The second-order valence-corrected chi connectivity index (χ2v) is 7.71. The van der Waals surface area contributed by atoms with Crippen LogP contribution in [0.3, 0.4) is 0 Å². The molecule has 164 valence electrons. The van der Waals surface area contributed by atoms with Crippen LogP contribution in [0, 0.1) is 5.82 Å². The Hall–Kier alpha value is -3.79. The van der Waals surface area contributed by atoms with Crippen molar-refractivity contribution >= 4 is 28.1 Å². The third-order valence-electron chi connectivity index (χ3n) is 4.75. The molecule has 2 aromatic carbocycles. The molecule has 0 radical (unpaired) electrons. The van der Waals surface area contributed by atoms with E-state index in [-0.39, 0.29) is 18.9 Å². The number of hydrogen-bond acceptors (Lipinski definition) is 6. The normalized spacial score (nSPS) is 10.8. The highest BCUT2D eigenvalue weighted by Crippen LogP contribution is 2.23. The Morgan fingerprint density at radius 2 is 1.84 bits per heavy atom. The number of methoxy groups -OCH3 is 1. The molecule has 0 aliphatic heterocycles. The van der Waals surface area contributed by atoms with Gasteiger partial charge in [-0.1, -0.05) is 24.3 Å². The lowest BCUT2D eigenvalue weighted by Crippen LogP contribution is -2.40. The van der Waals surface area contributed by atoms with E-state index in [2.05, 4.69) is 20.7 Å². The minimum Gasteiger partial charge on any atom is -0.497 e. The molecule has 2 N–H and O–H groups in total. The van der Waals surface area contributed by atoms with Gasteiger partial charge in [-0.15, -0.1) is 16.4 Å². The molecule has 0 unspecified atom stereocenters. The van der Waals surface area contributed by atoms with E-state index in [9.17, 15) is 14.0 Å². The van der Waals surface area contributed by atoms with Crippen molar-refractivity contribution in [3.05, 3.63) is 71.0 Å². The predicted octanol–water partition coefficient (Wildman–Crippen LogP) is 2.58. The lowest BCUT2D eigenvalue weighted by molar-refractivity contribution is -0.139. The van der Waals surface area contributed by atoms with Crippen LogP contribution in [0.5, 0.6) is 5.75 Å². The molecule has 0 aliphatic carbocycles. The zero-order chi connectivity index (χ0) is 22.5.